The number of amides is 8. The number of thiol groups is 2. The highest BCUT2D eigenvalue weighted by atomic mass is 32.7. The minimum Gasteiger partial charge on any atom is -0.382 e. The molecule has 12 atom stereocenters. The first-order chi connectivity index (χ1) is 38.0. The van der Waals surface area contributed by atoms with Crippen molar-refractivity contribution >= 4 is 114 Å². The number of nitrogens with two attached hydrogens (primary N) is 2. The van der Waals surface area contributed by atoms with Crippen LogP contribution < -0.4 is 38.1 Å². The van der Waals surface area contributed by atoms with E-state index in [0.717, 1.165) is 40.6 Å². The molecule has 0 aliphatic carbocycles. The lowest BCUT2D eigenvalue weighted by Gasteiger charge is -2.28. The molecule has 31 nitrogen and oxygen atoms in total. The van der Waals surface area contributed by atoms with Crippen molar-refractivity contribution in [3.8, 4) is 0 Å². The number of nitrogens with zero attached hydrogens (tertiary/aromatic N) is 9. The maximum Gasteiger partial charge on any atom is 0.386 e. The summed E-state index contributed by atoms with van der Waals surface area (Å²) in [4.78, 5) is 114. The Morgan fingerprint density at radius 1 is 0.738 bits per heavy atom. The minimum atomic E-state index is -4.57. The molecule has 0 spiro atoms. The zero-order valence-electron chi connectivity index (χ0n) is 42.4. The zero-order valence-corrected chi connectivity index (χ0v) is 46.0. The average Bonchev–Trinajstić information content (AvgIpc) is 4.26. The number of fused-ring (bicyclic) bond motifs is 4. The van der Waals surface area contributed by atoms with Crippen LogP contribution in [0, 0.1) is 5.92 Å². The van der Waals surface area contributed by atoms with Crippen LogP contribution in [-0.2, 0) is 65.5 Å². The van der Waals surface area contributed by atoms with Gasteiger partial charge in [-0.15, -0.1) is 0 Å². The largest absolute Gasteiger partial charge is 0.386 e. The molecule has 434 valence electrons. The number of imidazole rings is 2. The Hall–Kier alpha value is -6.29. The highest BCUT2D eigenvalue weighted by Crippen LogP contribution is 2.60. The third kappa shape index (κ3) is 14.2. The van der Waals surface area contributed by atoms with E-state index in [0.29, 0.717) is 12.8 Å². The summed E-state index contributed by atoms with van der Waals surface area (Å²) in [6.07, 6.45) is -6.84. The number of nitrogen functional groups attached to an aromatic ring is 1. The van der Waals surface area contributed by atoms with Gasteiger partial charge in [-0.05, 0) is 31.6 Å². The molecular formula is C43H56F2N16O15P2S2. The summed E-state index contributed by atoms with van der Waals surface area (Å²) in [6, 6.07) is -2.97. The summed E-state index contributed by atoms with van der Waals surface area (Å²) in [7, 11) is 0. The van der Waals surface area contributed by atoms with E-state index in [2.05, 4.69) is 81.0 Å². The van der Waals surface area contributed by atoms with Crippen molar-refractivity contribution in [2.45, 2.75) is 114 Å². The second-order valence-corrected chi connectivity index (χ2v) is 24.6. The zero-order chi connectivity index (χ0) is 57.6. The molecule has 8 heterocycles. The Kier molecular flexibility index (Phi) is 19.2. The normalized spacial score (nSPS) is 27.7. The Morgan fingerprint density at radius 3 is 1.89 bits per heavy atom. The first-order valence-electron chi connectivity index (χ1n) is 24.8. The van der Waals surface area contributed by atoms with Gasteiger partial charge in [-0.2, -0.15) is 0 Å². The molecular weight excluding hydrogens is 1140 g/mol. The molecule has 3 fully saturated rings. The van der Waals surface area contributed by atoms with E-state index in [9.17, 15) is 42.7 Å². The van der Waals surface area contributed by atoms with Crippen molar-refractivity contribution in [3.05, 3.63) is 37.5 Å². The maximum atomic E-state index is 16.7. The molecule has 0 saturated carbocycles. The number of imide groups is 1. The van der Waals surface area contributed by atoms with Crippen LogP contribution in [0.5, 0.6) is 0 Å². The van der Waals surface area contributed by atoms with Crippen LogP contribution in [0.15, 0.2) is 37.5 Å². The second-order valence-electron chi connectivity index (χ2n) is 18.8. The lowest BCUT2D eigenvalue weighted by molar-refractivity contribution is -0.138. The lowest BCUT2D eigenvalue weighted by atomic mass is 10.0. The summed E-state index contributed by atoms with van der Waals surface area (Å²) >= 11 is 8.09. The number of hydrogen-bond acceptors (Lipinski definition) is 22. The topological polar surface area (TPSA) is 412 Å². The first kappa shape index (κ1) is 59.8. The van der Waals surface area contributed by atoms with Gasteiger partial charge < -0.3 is 47.5 Å². The standard InChI is InChI=1S/C43H56F2N16O15P2S2/c1-20(2)30(57-25(63)10-13-59-26(64)8-9-27(59)65)40(67)56-21(6-3-4-11-49-43(47)68)39(66)48-12-5-7-24(62)58-36-32-38(53-17-51-36)61(19-55-32)42-29(45)34-23(74-42)15-72-77(69,79)75-33-22(14-71-78(70,80)76-34)73-41(28(33)44)60-18-54-31-35(46)50-16-52-37(31)60/h8-9,16-23,28-30,33-34,41-42H,3-7,10-15H2,1-2H3,(H,48,66)(H,56,67)(H,57,63)(H,69,79)(H,70,80)(H2,46,50,52)(H3,47,49,68)(H,51,53,58,62)/t21-,22+,23+,28+,29+,30-,33+,34+,41+,42+,77+,78+/m0/s1. The van der Waals surface area contributed by atoms with Crippen LogP contribution in [0.1, 0.15) is 64.8 Å². The monoisotopic (exact) mass is 1200 g/mol. The van der Waals surface area contributed by atoms with Gasteiger partial charge >= 0.3 is 19.6 Å². The van der Waals surface area contributed by atoms with Gasteiger partial charge in [0, 0.05) is 44.6 Å². The number of alkyl halides is 2. The Bertz CT molecular complexity index is 3130. The number of urea groups is 1. The summed E-state index contributed by atoms with van der Waals surface area (Å²) in [5, 5.41) is 13.0. The SMILES string of the molecule is CC(C)[C@H](NC(=O)CCN1C(=O)C=CC1=O)C(=O)N[C@@H](CCCCNC(N)=O)C(=O)NCCCC(=O)Nc1ncnc2c1ncn2[C@@H]1O[C@@H]2CO[P@@](=O)(S)O[C@H]3[C@@H](F)[C@H](n4cnc5c(N)ncnc54)O[C@@H]3CO[P@@](=O)(S)O[C@H]2[C@H]1F. The van der Waals surface area contributed by atoms with Crippen molar-refractivity contribution in [2.24, 2.45) is 11.7 Å². The van der Waals surface area contributed by atoms with E-state index >= 15 is 8.78 Å². The molecule has 0 radical (unpaired) electrons. The summed E-state index contributed by atoms with van der Waals surface area (Å²) in [5.41, 5.74) is 11.2. The molecule has 0 bridgehead atoms. The van der Waals surface area contributed by atoms with E-state index < -0.39 is 135 Å². The van der Waals surface area contributed by atoms with Crippen molar-refractivity contribution < 1.29 is 79.0 Å². The van der Waals surface area contributed by atoms with Gasteiger partial charge in [-0.25, -0.2) is 52.6 Å². The van der Waals surface area contributed by atoms with Crippen LogP contribution in [0.3, 0.4) is 0 Å². The van der Waals surface area contributed by atoms with Crippen LogP contribution in [0.4, 0.5) is 25.2 Å². The highest BCUT2D eigenvalue weighted by molar-refractivity contribution is 8.44. The van der Waals surface area contributed by atoms with Gasteiger partial charge in [0.2, 0.25) is 23.6 Å². The predicted octanol–water partition coefficient (Wildman–Crippen LogP) is 1.23. The van der Waals surface area contributed by atoms with Crippen LogP contribution in [-0.4, -0.2) is 167 Å². The molecule has 4 aromatic heterocycles. The fourth-order valence-electron chi connectivity index (χ4n) is 8.88. The smallest absolute Gasteiger partial charge is 0.382 e. The Morgan fingerprint density at radius 2 is 1.30 bits per heavy atom. The Labute approximate surface area is 462 Å². The molecule has 4 aromatic rings. The molecule has 37 heteroatoms. The van der Waals surface area contributed by atoms with Gasteiger partial charge in [0.05, 0.1) is 25.9 Å². The number of aromatic nitrogens is 8. The molecule has 3 saturated heterocycles. The van der Waals surface area contributed by atoms with E-state index in [4.69, 9.17) is 39.0 Å². The molecule has 80 heavy (non-hydrogen) atoms. The van der Waals surface area contributed by atoms with Crippen molar-refractivity contribution in [1.82, 2.24) is 65.2 Å². The van der Waals surface area contributed by atoms with E-state index in [1.54, 1.807) is 13.8 Å². The van der Waals surface area contributed by atoms with Crippen molar-refractivity contribution in [2.75, 3.05) is 43.9 Å². The third-order valence-electron chi connectivity index (χ3n) is 12.9. The first-order valence-corrected chi connectivity index (χ1v) is 30.1. The van der Waals surface area contributed by atoms with Crippen molar-refractivity contribution in [3.63, 3.8) is 0 Å². The molecule has 0 unspecified atom stereocenters. The number of hydrogen-bond donors (Lipinski definition) is 9. The van der Waals surface area contributed by atoms with Gasteiger partial charge in [-0.3, -0.25) is 60.9 Å². The van der Waals surface area contributed by atoms with E-state index in [1.807, 2.05) is 0 Å². The summed E-state index contributed by atoms with van der Waals surface area (Å²) < 4.78 is 96.7. The molecule has 4 aliphatic rings. The van der Waals surface area contributed by atoms with Crippen LogP contribution >= 0.6 is 38.1 Å². The van der Waals surface area contributed by atoms with Gasteiger partial charge in [0.1, 0.15) is 54.7 Å². The predicted molar refractivity (Wildman–Crippen MR) is 279 cm³/mol. The number of nitrogens with one attached hydrogen (secondary N) is 5. The number of carbonyl (C=O) groups excluding carboxylic acids is 7. The average molecular weight is 1200 g/mol. The fourth-order valence-corrected chi connectivity index (χ4v) is 11.8. The van der Waals surface area contributed by atoms with E-state index in [1.165, 1.54) is 10.9 Å². The fraction of sp³-hybridized carbons (Fsp3) is 0.558. The minimum absolute atomic E-state index is 0.00533. The van der Waals surface area contributed by atoms with Gasteiger partial charge in [0.25, 0.3) is 11.8 Å². The summed E-state index contributed by atoms with van der Waals surface area (Å²) in [6.45, 7) is -7.36. The molecule has 0 aromatic carbocycles. The number of rotatable bonds is 20. The molecule has 4 aliphatic heterocycles. The van der Waals surface area contributed by atoms with Gasteiger partial charge in [-0.1, -0.05) is 38.3 Å². The molecule has 8 amide bonds. The van der Waals surface area contributed by atoms with Crippen LogP contribution in [0.2, 0.25) is 0 Å². The quantitative estimate of drug-likeness (QED) is 0.0260. The number of carbonyl (C=O) groups is 7. The lowest BCUT2D eigenvalue weighted by Crippen LogP contribution is -2.55. The highest BCUT2D eigenvalue weighted by Gasteiger charge is 2.54. The van der Waals surface area contributed by atoms with Crippen LogP contribution in [0.25, 0.3) is 22.3 Å². The number of primary amides is 1. The Balaban J connectivity index is 0.864. The number of unbranched alkanes of at least 4 members (excludes halogenated alkanes) is 1. The number of halogens is 2. The third-order valence-corrected chi connectivity index (χ3v) is 16.1. The number of anilines is 2. The van der Waals surface area contributed by atoms with Gasteiger partial charge in [0.15, 0.2) is 53.2 Å². The maximum absolute atomic E-state index is 16.7. The van der Waals surface area contributed by atoms with E-state index in [-0.39, 0.29) is 79.3 Å². The summed E-state index contributed by atoms with van der Waals surface area (Å²) in [5.74, 6) is -4.18. The number of ether oxygens (including phenoxy) is 2. The molecule has 8 rings (SSSR count). The molecule has 9 N–H and O–H groups in total. The second kappa shape index (κ2) is 25.7. The van der Waals surface area contributed by atoms with Crippen molar-refractivity contribution in [1.29, 1.82) is 0 Å².